The second kappa shape index (κ2) is 2.91. The standard InChI is InChI=1S/C7H9ClN2O.ClH/c8-5-3-7(11)2-1-6(9)10(7)4-5;/h1-2,5,9,11H,3-4H2;1H/t5-,7?;/m0./s1. The molecule has 0 aromatic carbocycles. The molecule has 0 saturated carbocycles. The maximum Gasteiger partial charge on any atom is 0.160 e. The van der Waals surface area contributed by atoms with Crippen molar-refractivity contribution < 1.29 is 5.11 Å². The molecule has 2 aliphatic rings. The first-order valence-corrected chi connectivity index (χ1v) is 3.97. The topological polar surface area (TPSA) is 47.3 Å². The van der Waals surface area contributed by atoms with Crippen molar-refractivity contribution in [2.75, 3.05) is 6.54 Å². The highest BCUT2D eigenvalue weighted by atomic mass is 35.5. The van der Waals surface area contributed by atoms with Crippen molar-refractivity contribution in [2.45, 2.75) is 17.5 Å². The number of nitrogens with one attached hydrogen (secondary N) is 1. The minimum Gasteiger partial charge on any atom is -0.367 e. The van der Waals surface area contributed by atoms with E-state index in [1.54, 1.807) is 17.1 Å². The number of alkyl halides is 1. The Bertz CT molecular complexity index is 244. The maximum absolute atomic E-state index is 9.79. The number of rotatable bonds is 0. The van der Waals surface area contributed by atoms with Crippen LogP contribution in [0.15, 0.2) is 12.2 Å². The summed E-state index contributed by atoms with van der Waals surface area (Å²) in [6, 6.07) is 0. The summed E-state index contributed by atoms with van der Waals surface area (Å²) in [5, 5.41) is 17.2. The van der Waals surface area contributed by atoms with E-state index in [9.17, 15) is 5.11 Å². The zero-order valence-electron chi connectivity index (χ0n) is 6.33. The van der Waals surface area contributed by atoms with Crippen molar-refractivity contribution in [1.29, 1.82) is 5.41 Å². The van der Waals surface area contributed by atoms with Gasteiger partial charge in [-0.25, -0.2) is 0 Å². The summed E-state index contributed by atoms with van der Waals surface area (Å²) < 4.78 is 0. The normalized spacial score (nSPS) is 38.3. The number of nitrogens with zero attached hydrogens (tertiary/aromatic N) is 1. The summed E-state index contributed by atoms with van der Waals surface area (Å²) >= 11 is 5.84. The van der Waals surface area contributed by atoms with Gasteiger partial charge in [0, 0.05) is 13.0 Å². The predicted molar refractivity (Wildman–Crippen MR) is 50.0 cm³/mol. The highest BCUT2D eigenvalue weighted by molar-refractivity contribution is 6.21. The number of hydrogen-bond donors (Lipinski definition) is 2. The maximum atomic E-state index is 9.79. The number of hydrogen-bond acceptors (Lipinski definition) is 2. The molecule has 2 atom stereocenters. The number of halogens is 2. The van der Waals surface area contributed by atoms with Gasteiger partial charge in [0.15, 0.2) is 5.72 Å². The molecule has 2 rings (SSSR count). The molecule has 0 aromatic rings. The molecule has 2 N–H and O–H groups in total. The third-order valence-corrected chi connectivity index (χ3v) is 2.46. The predicted octanol–water partition coefficient (Wildman–Crippen LogP) is 0.957. The number of fused-ring (bicyclic) bond motifs is 1. The lowest BCUT2D eigenvalue weighted by Gasteiger charge is -2.25. The lowest BCUT2D eigenvalue weighted by molar-refractivity contribution is 0.0111. The first kappa shape index (κ1) is 9.84. The van der Waals surface area contributed by atoms with Crippen molar-refractivity contribution >= 4 is 29.8 Å². The molecule has 3 nitrogen and oxygen atoms in total. The molecule has 68 valence electrons. The van der Waals surface area contributed by atoms with Crippen molar-refractivity contribution in [2.24, 2.45) is 0 Å². The van der Waals surface area contributed by atoms with Gasteiger partial charge in [-0.2, -0.15) is 0 Å². The Morgan fingerprint density at radius 3 is 3.00 bits per heavy atom. The molecule has 1 saturated heterocycles. The van der Waals surface area contributed by atoms with Crippen LogP contribution < -0.4 is 0 Å². The van der Waals surface area contributed by atoms with Crippen LogP contribution >= 0.6 is 24.0 Å². The van der Waals surface area contributed by atoms with Gasteiger partial charge in [0.1, 0.15) is 5.84 Å². The summed E-state index contributed by atoms with van der Waals surface area (Å²) in [7, 11) is 0. The second-order valence-corrected chi connectivity index (χ2v) is 3.63. The molecule has 12 heavy (non-hydrogen) atoms. The molecule has 0 aliphatic carbocycles. The fourth-order valence-corrected chi connectivity index (χ4v) is 1.99. The van der Waals surface area contributed by atoms with Crippen molar-refractivity contribution in [3.8, 4) is 0 Å². The zero-order valence-corrected chi connectivity index (χ0v) is 7.90. The Hall–Kier alpha value is -0.250. The Balaban J connectivity index is 0.000000720. The quantitative estimate of drug-likeness (QED) is 0.583. The van der Waals surface area contributed by atoms with Gasteiger partial charge in [0.25, 0.3) is 0 Å². The van der Waals surface area contributed by atoms with Gasteiger partial charge in [-0.15, -0.1) is 24.0 Å². The van der Waals surface area contributed by atoms with Gasteiger partial charge in [-0.3, -0.25) is 5.41 Å². The molecule has 5 heteroatoms. The van der Waals surface area contributed by atoms with E-state index in [4.69, 9.17) is 17.0 Å². The third-order valence-electron chi connectivity index (χ3n) is 2.17. The summed E-state index contributed by atoms with van der Waals surface area (Å²) in [4.78, 5) is 1.62. The van der Waals surface area contributed by atoms with Gasteiger partial charge in [-0.05, 0) is 12.2 Å². The van der Waals surface area contributed by atoms with Crippen LogP contribution in [-0.2, 0) is 0 Å². The van der Waals surface area contributed by atoms with Gasteiger partial charge < -0.3 is 10.0 Å². The van der Waals surface area contributed by atoms with E-state index in [-0.39, 0.29) is 17.8 Å². The molecule has 1 unspecified atom stereocenters. The molecule has 0 bridgehead atoms. The molecule has 2 aliphatic heterocycles. The van der Waals surface area contributed by atoms with E-state index in [2.05, 4.69) is 0 Å². The number of aliphatic hydroxyl groups is 1. The Morgan fingerprint density at radius 1 is 1.75 bits per heavy atom. The fourth-order valence-electron chi connectivity index (χ4n) is 1.62. The van der Waals surface area contributed by atoms with Crippen molar-refractivity contribution in [3.63, 3.8) is 0 Å². The molecule has 1 fully saturated rings. The van der Waals surface area contributed by atoms with Gasteiger partial charge in [0.2, 0.25) is 0 Å². The largest absolute Gasteiger partial charge is 0.367 e. The first-order chi connectivity index (χ1) is 5.12. The van der Waals surface area contributed by atoms with E-state index in [1.807, 2.05) is 0 Å². The van der Waals surface area contributed by atoms with Gasteiger partial charge >= 0.3 is 0 Å². The van der Waals surface area contributed by atoms with Crippen LogP contribution in [0.4, 0.5) is 0 Å². The molecule has 0 aromatic heterocycles. The molecule has 0 radical (unpaired) electrons. The van der Waals surface area contributed by atoms with Crippen LogP contribution in [0.1, 0.15) is 6.42 Å². The average molecular weight is 209 g/mol. The second-order valence-electron chi connectivity index (χ2n) is 3.01. The molecule has 0 spiro atoms. The fraction of sp³-hybridized carbons (Fsp3) is 0.571. The van der Waals surface area contributed by atoms with Gasteiger partial charge in [0.05, 0.1) is 5.38 Å². The first-order valence-electron chi connectivity index (χ1n) is 3.54. The average Bonchev–Trinajstić information content (AvgIpc) is 2.32. The van der Waals surface area contributed by atoms with E-state index in [0.717, 1.165) is 0 Å². The van der Waals surface area contributed by atoms with Crippen LogP contribution in [0.2, 0.25) is 0 Å². The molecule has 0 amide bonds. The smallest absolute Gasteiger partial charge is 0.160 e. The molecule has 2 heterocycles. The zero-order chi connectivity index (χ0) is 8.06. The Morgan fingerprint density at radius 2 is 2.42 bits per heavy atom. The lowest BCUT2D eigenvalue weighted by Crippen LogP contribution is -2.40. The lowest BCUT2D eigenvalue weighted by atomic mass is 10.2. The number of amidine groups is 1. The highest BCUT2D eigenvalue weighted by Gasteiger charge is 2.45. The third kappa shape index (κ3) is 1.22. The summed E-state index contributed by atoms with van der Waals surface area (Å²) in [6.07, 6.45) is 3.77. The van der Waals surface area contributed by atoms with Crippen molar-refractivity contribution in [1.82, 2.24) is 4.90 Å². The van der Waals surface area contributed by atoms with Crippen LogP contribution in [0, 0.1) is 5.41 Å². The van der Waals surface area contributed by atoms with E-state index < -0.39 is 5.72 Å². The van der Waals surface area contributed by atoms with Crippen LogP contribution in [0.25, 0.3) is 0 Å². The van der Waals surface area contributed by atoms with Gasteiger partial charge in [-0.1, -0.05) is 0 Å². The highest BCUT2D eigenvalue weighted by Crippen LogP contribution is 2.34. The van der Waals surface area contributed by atoms with E-state index in [1.165, 1.54) is 0 Å². The Kier molecular flexibility index (Phi) is 2.38. The van der Waals surface area contributed by atoms with E-state index in [0.29, 0.717) is 18.8 Å². The SMILES string of the molecule is Cl.N=C1C=CC2(O)C[C@H](Cl)CN12. The van der Waals surface area contributed by atoms with E-state index >= 15 is 0 Å². The van der Waals surface area contributed by atoms with Crippen LogP contribution in [0.3, 0.4) is 0 Å². The van der Waals surface area contributed by atoms with Crippen LogP contribution in [-0.4, -0.2) is 33.5 Å². The summed E-state index contributed by atoms with van der Waals surface area (Å²) in [5.41, 5.74) is -0.955. The summed E-state index contributed by atoms with van der Waals surface area (Å²) in [5.74, 6) is 0.357. The monoisotopic (exact) mass is 208 g/mol. The molecular weight excluding hydrogens is 199 g/mol. The molecular formula is C7H10Cl2N2O. The minimum absolute atomic E-state index is 0. The Labute approximate surface area is 81.9 Å². The van der Waals surface area contributed by atoms with Crippen molar-refractivity contribution in [3.05, 3.63) is 12.2 Å². The minimum atomic E-state index is -0.955. The summed E-state index contributed by atoms with van der Waals surface area (Å²) in [6.45, 7) is 0.573. The van der Waals surface area contributed by atoms with Crippen LogP contribution in [0.5, 0.6) is 0 Å².